The van der Waals surface area contributed by atoms with E-state index in [4.69, 9.17) is 5.11 Å². The number of carboxylic acid groups (broad SMARTS) is 1. The Morgan fingerprint density at radius 3 is 2.73 bits per heavy atom. The monoisotopic (exact) mass is 207 g/mol. The van der Waals surface area contributed by atoms with E-state index in [1.54, 1.807) is 19.3 Å². The van der Waals surface area contributed by atoms with Gasteiger partial charge in [-0.2, -0.15) is 0 Å². The van der Waals surface area contributed by atoms with Gasteiger partial charge >= 0.3 is 5.97 Å². The second-order valence-corrected chi connectivity index (χ2v) is 3.79. The van der Waals surface area contributed by atoms with E-state index in [2.05, 4.69) is 15.3 Å². The van der Waals surface area contributed by atoms with Crippen LogP contribution in [0.2, 0.25) is 0 Å². The van der Waals surface area contributed by atoms with Crippen molar-refractivity contribution in [1.29, 1.82) is 0 Å². The maximum absolute atomic E-state index is 11.0. The molecule has 0 amide bonds. The average Bonchev–Trinajstić information content (AvgIpc) is 2.99. The molecule has 1 unspecified atom stereocenters. The van der Waals surface area contributed by atoms with Crippen molar-refractivity contribution in [2.45, 2.75) is 25.8 Å². The van der Waals surface area contributed by atoms with E-state index >= 15 is 0 Å². The normalized spacial score (nSPS) is 17.1. The number of hydrogen-bond acceptors (Lipinski definition) is 4. The molecule has 0 aliphatic heterocycles. The molecule has 5 nitrogen and oxygen atoms in total. The van der Waals surface area contributed by atoms with Crippen LogP contribution in [0.15, 0.2) is 12.4 Å². The van der Waals surface area contributed by atoms with E-state index in [-0.39, 0.29) is 5.92 Å². The summed E-state index contributed by atoms with van der Waals surface area (Å²) in [7, 11) is 0. The van der Waals surface area contributed by atoms with Gasteiger partial charge in [-0.25, -0.2) is 9.78 Å². The summed E-state index contributed by atoms with van der Waals surface area (Å²) in [5.41, 5.74) is 0.726. The van der Waals surface area contributed by atoms with Crippen LogP contribution in [0.25, 0.3) is 0 Å². The molecule has 2 N–H and O–H groups in total. The average molecular weight is 207 g/mol. The molecular weight excluding hydrogens is 194 g/mol. The minimum Gasteiger partial charge on any atom is -0.480 e. The summed E-state index contributed by atoms with van der Waals surface area (Å²) >= 11 is 0. The minimum atomic E-state index is -0.817. The molecule has 1 aromatic heterocycles. The van der Waals surface area contributed by atoms with Gasteiger partial charge in [-0.1, -0.05) is 0 Å². The molecule has 80 valence electrons. The van der Waals surface area contributed by atoms with Crippen LogP contribution in [0.1, 0.15) is 18.5 Å². The maximum Gasteiger partial charge on any atom is 0.326 e. The number of aromatic nitrogens is 2. The third-order valence-corrected chi connectivity index (χ3v) is 2.53. The molecule has 1 saturated carbocycles. The molecule has 0 spiro atoms. The smallest absolute Gasteiger partial charge is 0.326 e. The van der Waals surface area contributed by atoms with E-state index in [1.165, 1.54) is 0 Å². The molecule has 0 aromatic carbocycles. The third-order valence-electron chi connectivity index (χ3n) is 2.53. The van der Waals surface area contributed by atoms with Crippen LogP contribution in [0.4, 0.5) is 5.82 Å². The summed E-state index contributed by atoms with van der Waals surface area (Å²) < 4.78 is 0. The first-order chi connectivity index (χ1) is 7.18. The van der Waals surface area contributed by atoms with Gasteiger partial charge in [0.15, 0.2) is 0 Å². The van der Waals surface area contributed by atoms with Crippen molar-refractivity contribution in [3.8, 4) is 0 Å². The number of nitrogens with one attached hydrogen (secondary N) is 1. The third kappa shape index (κ3) is 2.23. The zero-order chi connectivity index (χ0) is 10.8. The Balaban J connectivity index is 2.12. The number of aliphatic carboxylic acids is 1. The molecule has 1 fully saturated rings. The van der Waals surface area contributed by atoms with Gasteiger partial charge in [0.2, 0.25) is 0 Å². The van der Waals surface area contributed by atoms with Crippen LogP contribution in [0, 0.1) is 12.8 Å². The van der Waals surface area contributed by atoms with Gasteiger partial charge < -0.3 is 10.4 Å². The molecular formula is C10H13N3O2. The van der Waals surface area contributed by atoms with Gasteiger partial charge in [-0.3, -0.25) is 4.98 Å². The number of aryl methyl sites for hydroxylation is 1. The van der Waals surface area contributed by atoms with Crippen molar-refractivity contribution in [2.24, 2.45) is 5.92 Å². The molecule has 0 bridgehead atoms. The lowest BCUT2D eigenvalue weighted by atomic mass is 10.2. The van der Waals surface area contributed by atoms with E-state index in [0.717, 1.165) is 18.5 Å². The number of anilines is 1. The van der Waals surface area contributed by atoms with Crippen molar-refractivity contribution in [3.63, 3.8) is 0 Å². The molecule has 0 radical (unpaired) electrons. The summed E-state index contributed by atoms with van der Waals surface area (Å²) in [5, 5.41) is 12.0. The van der Waals surface area contributed by atoms with Gasteiger partial charge in [0.05, 0.1) is 5.69 Å². The highest BCUT2D eigenvalue weighted by Crippen LogP contribution is 2.34. The minimum absolute atomic E-state index is 0.240. The Hall–Kier alpha value is -1.65. The van der Waals surface area contributed by atoms with Crippen LogP contribution in [-0.4, -0.2) is 27.1 Å². The fourth-order valence-corrected chi connectivity index (χ4v) is 1.51. The number of rotatable bonds is 4. The Labute approximate surface area is 87.6 Å². The second kappa shape index (κ2) is 3.84. The van der Waals surface area contributed by atoms with Crippen LogP contribution < -0.4 is 5.32 Å². The molecule has 5 heteroatoms. The molecule has 1 heterocycles. The predicted octanol–water partition coefficient (Wildman–Crippen LogP) is 1.06. The van der Waals surface area contributed by atoms with Crippen molar-refractivity contribution < 1.29 is 9.90 Å². The largest absolute Gasteiger partial charge is 0.480 e. The number of nitrogens with zero attached hydrogens (tertiary/aromatic N) is 2. The fraction of sp³-hybridized carbons (Fsp3) is 0.500. The SMILES string of the molecule is Cc1nccnc1NC(C(=O)O)C1CC1. The van der Waals surface area contributed by atoms with Gasteiger partial charge in [0.1, 0.15) is 11.9 Å². The lowest BCUT2D eigenvalue weighted by Crippen LogP contribution is -2.32. The first-order valence-corrected chi connectivity index (χ1v) is 4.95. The highest BCUT2D eigenvalue weighted by atomic mass is 16.4. The Kier molecular flexibility index (Phi) is 2.53. The topological polar surface area (TPSA) is 75.1 Å². The lowest BCUT2D eigenvalue weighted by molar-refractivity contribution is -0.138. The Morgan fingerprint density at radius 2 is 2.20 bits per heavy atom. The maximum atomic E-state index is 11.0. The standard InChI is InChI=1S/C10H13N3O2/c1-6-9(12-5-4-11-6)13-8(10(14)15)7-2-3-7/h4-5,7-8H,2-3H2,1H3,(H,12,13)(H,14,15). The summed E-state index contributed by atoms with van der Waals surface area (Å²) in [5.74, 6) is -0.0109. The molecule has 1 aliphatic rings. The van der Waals surface area contributed by atoms with E-state index < -0.39 is 12.0 Å². The molecule has 0 saturated heterocycles. The van der Waals surface area contributed by atoms with Gasteiger partial charge in [0.25, 0.3) is 0 Å². The van der Waals surface area contributed by atoms with Crippen LogP contribution >= 0.6 is 0 Å². The zero-order valence-electron chi connectivity index (χ0n) is 8.47. The van der Waals surface area contributed by atoms with E-state index in [0.29, 0.717) is 5.82 Å². The highest BCUT2D eigenvalue weighted by molar-refractivity contribution is 5.78. The molecule has 2 rings (SSSR count). The second-order valence-electron chi connectivity index (χ2n) is 3.79. The Morgan fingerprint density at radius 1 is 1.53 bits per heavy atom. The van der Waals surface area contributed by atoms with Crippen molar-refractivity contribution in [2.75, 3.05) is 5.32 Å². The van der Waals surface area contributed by atoms with Crippen molar-refractivity contribution >= 4 is 11.8 Å². The number of carbonyl (C=O) groups is 1. The lowest BCUT2D eigenvalue weighted by Gasteiger charge is -2.14. The first-order valence-electron chi connectivity index (χ1n) is 4.95. The molecule has 1 atom stereocenters. The van der Waals surface area contributed by atoms with Crippen molar-refractivity contribution in [1.82, 2.24) is 9.97 Å². The zero-order valence-corrected chi connectivity index (χ0v) is 8.47. The fourth-order valence-electron chi connectivity index (χ4n) is 1.51. The van der Waals surface area contributed by atoms with Crippen LogP contribution in [0.3, 0.4) is 0 Å². The van der Waals surface area contributed by atoms with Crippen molar-refractivity contribution in [3.05, 3.63) is 18.1 Å². The summed E-state index contributed by atoms with van der Waals surface area (Å²) in [6.45, 7) is 1.81. The van der Waals surface area contributed by atoms with Gasteiger partial charge in [-0.05, 0) is 25.7 Å². The van der Waals surface area contributed by atoms with Gasteiger partial charge in [-0.15, -0.1) is 0 Å². The predicted molar refractivity (Wildman–Crippen MR) is 54.5 cm³/mol. The number of carboxylic acids is 1. The first kappa shape index (κ1) is 9.89. The Bertz CT molecular complexity index is 377. The van der Waals surface area contributed by atoms with Crippen LogP contribution in [-0.2, 0) is 4.79 Å². The molecule has 15 heavy (non-hydrogen) atoms. The van der Waals surface area contributed by atoms with Crippen LogP contribution in [0.5, 0.6) is 0 Å². The van der Waals surface area contributed by atoms with E-state index in [1.807, 2.05) is 0 Å². The molecule has 1 aromatic rings. The quantitative estimate of drug-likeness (QED) is 0.772. The molecule has 1 aliphatic carbocycles. The highest BCUT2D eigenvalue weighted by Gasteiger charge is 2.36. The summed E-state index contributed by atoms with van der Waals surface area (Å²) in [4.78, 5) is 19.1. The summed E-state index contributed by atoms with van der Waals surface area (Å²) in [6.07, 6.45) is 5.10. The summed E-state index contributed by atoms with van der Waals surface area (Å²) in [6, 6.07) is -0.527. The number of hydrogen-bond donors (Lipinski definition) is 2. The van der Waals surface area contributed by atoms with Gasteiger partial charge in [0, 0.05) is 12.4 Å². The van der Waals surface area contributed by atoms with E-state index in [9.17, 15) is 4.79 Å².